The molecule has 0 saturated carbocycles. The molecule has 0 bridgehead atoms. The number of nitrogens with zero attached hydrogens (tertiary/aromatic N) is 1. The molecule has 6 nitrogen and oxygen atoms in total. The number of benzene rings is 2. The summed E-state index contributed by atoms with van der Waals surface area (Å²) in [6.45, 7) is 0. The monoisotopic (exact) mass is 315 g/mol. The summed E-state index contributed by atoms with van der Waals surface area (Å²) >= 11 is 0. The molecule has 7 heteroatoms. The zero-order valence-electron chi connectivity index (χ0n) is 11.4. The van der Waals surface area contributed by atoms with E-state index in [0.717, 1.165) is 5.56 Å². The van der Waals surface area contributed by atoms with Gasteiger partial charge in [0.05, 0.1) is 11.6 Å². The molecular weight excluding hydrogens is 302 g/mol. The van der Waals surface area contributed by atoms with Crippen molar-refractivity contribution in [2.45, 2.75) is 0 Å². The number of nitrogens with two attached hydrogens (primary N) is 1. The van der Waals surface area contributed by atoms with Gasteiger partial charge in [-0.15, -0.1) is 0 Å². The molecule has 0 atom stereocenters. The predicted molar refractivity (Wildman–Crippen MR) is 84.8 cm³/mol. The van der Waals surface area contributed by atoms with Gasteiger partial charge in [0.25, 0.3) is 10.2 Å². The van der Waals surface area contributed by atoms with Crippen LogP contribution in [0.1, 0.15) is 11.1 Å². The van der Waals surface area contributed by atoms with Crippen LogP contribution in [0.5, 0.6) is 5.75 Å². The SMILES string of the molecule is N#C/C(=C\c1ccc(O)cc1)c1ccc(NS(N)(=O)=O)cc1. The molecule has 0 aliphatic carbocycles. The molecule has 112 valence electrons. The fourth-order valence-corrected chi connectivity index (χ4v) is 2.26. The third-order valence-electron chi connectivity index (χ3n) is 2.78. The Kier molecular flexibility index (Phi) is 4.46. The Balaban J connectivity index is 2.28. The molecule has 2 aromatic carbocycles. The van der Waals surface area contributed by atoms with Gasteiger partial charge in [-0.1, -0.05) is 24.3 Å². The van der Waals surface area contributed by atoms with Crippen molar-refractivity contribution in [2.24, 2.45) is 5.14 Å². The molecule has 0 radical (unpaired) electrons. The van der Waals surface area contributed by atoms with Gasteiger partial charge in [-0.25, -0.2) is 5.14 Å². The van der Waals surface area contributed by atoms with Gasteiger partial charge >= 0.3 is 0 Å². The number of hydrogen-bond acceptors (Lipinski definition) is 4. The molecule has 2 rings (SSSR count). The first kappa shape index (κ1) is 15.6. The quantitative estimate of drug-likeness (QED) is 0.591. The Labute approximate surface area is 128 Å². The number of phenolic OH excluding ortho intramolecular Hbond substituents is 1. The molecule has 0 heterocycles. The highest BCUT2D eigenvalue weighted by molar-refractivity contribution is 7.90. The van der Waals surface area contributed by atoms with Crippen LogP contribution in [0.25, 0.3) is 11.6 Å². The highest BCUT2D eigenvalue weighted by Gasteiger charge is 2.04. The lowest BCUT2D eigenvalue weighted by Crippen LogP contribution is -2.21. The Morgan fingerprint density at radius 1 is 1.14 bits per heavy atom. The van der Waals surface area contributed by atoms with E-state index in [1.54, 1.807) is 30.3 Å². The molecule has 0 fully saturated rings. The summed E-state index contributed by atoms with van der Waals surface area (Å²) in [5.41, 5.74) is 2.12. The first-order valence-corrected chi connectivity index (χ1v) is 7.74. The minimum atomic E-state index is -3.82. The third kappa shape index (κ3) is 4.34. The van der Waals surface area contributed by atoms with E-state index >= 15 is 0 Å². The number of allylic oxidation sites excluding steroid dienone is 1. The van der Waals surface area contributed by atoms with E-state index in [2.05, 4.69) is 10.8 Å². The van der Waals surface area contributed by atoms with Crippen molar-refractivity contribution in [1.29, 1.82) is 5.26 Å². The molecule has 4 N–H and O–H groups in total. The summed E-state index contributed by atoms with van der Waals surface area (Å²) < 4.78 is 24.0. The van der Waals surface area contributed by atoms with Crippen LogP contribution < -0.4 is 9.86 Å². The minimum Gasteiger partial charge on any atom is -0.508 e. The lowest BCUT2D eigenvalue weighted by molar-refractivity contribution is 0.475. The second-order valence-corrected chi connectivity index (χ2v) is 5.78. The molecule has 0 unspecified atom stereocenters. The van der Waals surface area contributed by atoms with Crippen molar-refractivity contribution in [3.05, 3.63) is 59.7 Å². The average Bonchev–Trinajstić information content (AvgIpc) is 2.46. The second-order valence-electron chi connectivity index (χ2n) is 4.49. The van der Waals surface area contributed by atoms with Crippen LogP contribution in [0.4, 0.5) is 5.69 Å². The molecule has 2 aromatic rings. The van der Waals surface area contributed by atoms with Crippen LogP contribution >= 0.6 is 0 Å². The van der Waals surface area contributed by atoms with Crippen LogP contribution in [0.2, 0.25) is 0 Å². The highest BCUT2D eigenvalue weighted by Crippen LogP contribution is 2.21. The average molecular weight is 315 g/mol. The van der Waals surface area contributed by atoms with Crippen LogP contribution in [0.15, 0.2) is 48.5 Å². The first-order valence-electron chi connectivity index (χ1n) is 6.19. The van der Waals surface area contributed by atoms with Crippen LogP contribution in [-0.4, -0.2) is 13.5 Å². The summed E-state index contributed by atoms with van der Waals surface area (Å²) in [6.07, 6.45) is 1.67. The molecule has 0 aliphatic heterocycles. The smallest absolute Gasteiger partial charge is 0.296 e. The summed E-state index contributed by atoms with van der Waals surface area (Å²) in [7, 11) is -3.82. The molecule has 0 spiro atoms. The van der Waals surface area contributed by atoms with Crippen molar-refractivity contribution in [2.75, 3.05) is 4.72 Å². The molecule has 22 heavy (non-hydrogen) atoms. The predicted octanol–water partition coefficient (Wildman–Crippen LogP) is 2.07. The fraction of sp³-hybridized carbons (Fsp3) is 0. The number of nitriles is 1. The van der Waals surface area contributed by atoms with Gasteiger partial charge < -0.3 is 5.11 Å². The number of aromatic hydroxyl groups is 1. The van der Waals surface area contributed by atoms with E-state index in [0.29, 0.717) is 16.8 Å². The third-order valence-corrected chi connectivity index (χ3v) is 3.30. The Morgan fingerprint density at radius 2 is 1.73 bits per heavy atom. The summed E-state index contributed by atoms with van der Waals surface area (Å²) in [4.78, 5) is 0. The summed E-state index contributed by atoms with van der Waals surface area (Å²) in [5, 5.41) is 23.4. The second kappa shape index (κ2) is 6.30. The van der Waals surface area contributed by atoms with Crippen molar-refractivity contribution in [3.63, 3.8) is 0 Å². The van der Waals surface area contributed by atoms with E-state index < -0.39 is 10.2 Å². The molecule has 0 aliphatic rings. The van der Waals surface area contributed by atoms with E-state index in [9.17, 15) is 18.8 Å². The lowest BCUT2D eigenvalue weighted by Gasteiger charge is -2.05. The van der Waals surface area contributed by atoms with Crippen molar-refractivity contribution < 1.29 is 13.5 Å². The molecule has 0 aromatic heterocycles. The van der Waals surface area contributed by atoms with E-state index in [1.165, 1.54) is 24.3 Å². The van der Waals surface area contributed by atoms with E-state index in [1.807, 2.05) is 0 Å². The number of rotatable bonds is 4. The largest absolute Gasteiger partial charge is 0.508 e. The van der Waals surface area contributed by atoms with Gasteiger partial charge in [0.1, 0.15) is 5.75 Å². The van der Waals surface area contributed by atoms with E-state index in [-0.39, 0.29) is 5.75 Å². The number of phenols is 1. The lowest BCUT2D eigenvalue weighted by atomic mass is 10.0. The standard InChI is InChI=1S/C15H13N3O3S/c16-10-13(9-11-1-7-15(19)8-2-11)12-3-5-14(6-4-12)18-22(17,20)21/h1-9,18-19H,(H2,17,20,21)/b13-9+. The molecule has 0 saturated heterocycles. The van der Waals surface area contributed by atoms with Gasteiger partial charge in [-0.2, -0.15) is 13.7 Å². The van der Waals surface area contributed by atoms with Gasteiger partial charge in [-0.05, 0) is 41.5 Å². The zero-order chi connectivity index (χ0) is 16.2. The van der Waals surface area contributed by atoms with Gasteiger partial charge in [0, 0.05) is 5.69 Å². The van der Waals surface area contributed by atoms with Gasteiger partial charge in [0.15, 0.2) is 0 Å². The normalized spacial score (nSPS) is 11.7. The van der Waals surface area contributed by atoms with Gasteiger partial charge in [-0.3, -0.25) is 4.72 Å². The topological polar surface area (TPSA) is 116 Å². The summed E-state index contributed by atoms with van der Waals surface area (Å²) in [5.74, 6) is 0.147. The Bertz CT molecular complexity index is 833. The first-order chi connectivity index (χ1) is 10.4. The Morgan fingerprint density at radius 3 is 2.23 bits per heavy atom. The van der Waals surface area contributed by atoms with Crippen molar-refractivity contribution in [3.8, 4) is 11.8 Å². The maximum atomic E-state index is 10.9. The summed E-state index contributed by atoms with van der Waals surface area (Å²) in [6, 6.07) is 14.8. The fourth-order valence-electron chi connectivity index (χ4n) is 1.80. The van der Waals surface area contributed by atoms with Crippen LogP contribution in [-0.2, 0) is 10.2 Å². The van der Waals surface area contributed by atoms with Crippen molar-refractivity contribution in [1.82, 2.24) is 0 Å². The maximum Gasteiger partial charge on any atom is 0.296 e. The minimum absolute atomic E-state index is 0.147. The molecular formula is C15H13N3O3S. The van der Waals surface area contributed by atoms with Gasteiger partial charge in [0.2, 0.25) is 0 Å². The number of anilines is 1. The molecule has 0 amide bonds. The van der Waals surface area contributed by atoms with Crippen molar-refractivity contribution >= 4 is 27.5 Å². The maximum absolute atomic E-state index is 10.9. The number of nitrogens with one attached hydrogen (secondary N) is 1. The highest BCUT2D eigenvalue weighted by atomic mass is 32.2. The Hall–Kier alpha value is -2.82. The number of hydrogen-bond donors (Lipinski definition) is 3. The zero-order valence-corrected chi connectivity index (χ0v) is 12.2. The van der Waals surface area contributed by atoms with Crippen LogP contribution in [0.3, 0.4) is 0 Å². The van der Waals surface area contributed by atoms with E-state index in [4.69, 9.17) is 5.14 Å². The van der Waals surface area contributed by atoms with Crippen LogP contribution in [0, 0.1) is 11.3 Å².